The number of ether oxygens (including phenoxy) is 1. The molecule has 3 heteroatoms. The molecule has 0 saturated heterocycles. The summed E-state index contributed by atoms with van der Waals surface area (Å²) in [6.07, 6.45) is 0. The zero-order valence-electron chi connectivity index (χ0n) is 11.2. The molecule has 0 amide bonds. The second kappa shape index (κ2) is 8.09. The van der Waals surface area contributed by atoms with Gasteiger partial charge in [0.15, 0.2) is 0 Å². The van der Waals surface area contributed by atoms with E-state index < -0.39 is 0 Å². The normalized spacial score (nSPS) is 10.8. The van der Waals surface area contributed by atoms with Gasteiger partial charge >= 0.3 is 0 Å². The SMILES string of the molecule is CCNCCN(CC)Cc1ccc(OC)cc1. The Morgan fingerprint density at radius 1 is 1.18 bits per heavy atom. The Bertz CT molecular complexity index is 298. The van der Waals surface area contributed by atoms with E-state index in [1.54, 1.807) is 7.11 Å². The predicted molar refractivity (Wildman–Crippen MR) is 72.5 cm³/mol. The first kappa shape index (κ1) is 14.0. The van der Waals surface area contributed by atoms with Gasteiger partial charge in [0.1, 0.15) is 5.75 Å². The first-order valence-corrected chi connectivity index (χ1v) is 6.36. The van der Waals surface area contributed by atoms with Crippen LogP contribution in [-0.2, 0) is 6.54 Å². The van der Waals surface area contributed by atoms with E-state index in [1.165, 1.54) is 5.56 Å². The third-order valence-corrected chi connectivity index (χ3v) is 2.87. The molecule has 0 unspecified atom stereocenters. The van der Waals surface area contributed by atoms with Crippen molar-refractivity contribution in [1.29, 1.82) is 0 Å². The number of hydrogen-bond acceptors (Lipinski definition) is 3. The van der Waals surface area contributed by atoms with Crippen molar-refractivity contribution < 1.29 is 4.74 Å². The molecule has 3 nitrogen and oxygen atoms in total. The molecule has 1 rings (SSSR count). The zero-order valence-corrected chi connectivity index (χ0v) is 11.2. The van der Waals surface area contributed by atoms with Gasteiger partial charge in [0.05, 0.1) is 7.11 Å². The van der Waals surface area contributed by atoms with Gasteiger partial charge in [-0.3, -0.25) is 4.90 Å². The van der Waals surface area contributed by atoms with Crippen molar-refractivity contribution in [1.82, 2.24) is 10.2 Å². The lowest BCUT2D eigenvalue weighted by atomic mass is 10.2. The molecule has 17 heavy (non-hydrogen) atoms. The number of likely N-dealkylation sites (N-methyl/N-ethyl adjacent to an activating group) is 2. The van der Waals surface area contributed by atoms with E-state index in [0.29, 0.717) is 0 Å². The summed E-state index contributed by atoms with van der Waals surface area (Å²) in [5.41, 5.74) is 1.34. The molecule has 0 atom stereocenters. The summed E-state index contributed by atoms with van der Waals surface area (Å²) in [6, 6.07) is 8.31. The van der Waals surface area contributed by atoms with Crippen LogP contribution < -0.4 is 10.1 Å². The van der Waals surface area contributed by atoms with Gasteiger partial charge < -0.3 is 10.1 Å². The monoisotopic (exact) mass is 236 g/mol. The molecular formula is C14H24N2O. The highest BCUT2D eigenvalue weighted by molar-refractivity contribution is 5.27. The van der Waals surface area contributed by atoms with Crippen molar-refractivity contribution in [3.8, 4) is 5.75 Å². The molecular weight excluding hydrogens is 212 g/mol. The van der Waals surface area contributed by atoms with Crippen LogP contribution in [0.4, 0.5) is 0 Å². The summed E-state index contributed by atoms with van der Waals surface area (Å²) in [5.74, 6) is 0.921. The largest absolute Gasteiger partial charge is 0.497 e. The minimum Gasteiger partial charge on any atom is -0.497 e. The van der Waals surface area contributed by atoms with Gasteiger partial charge in [-0.2, -0.15) is 0 Å². The predicted octanol–water partition coefficient (Wildman–Crippen LogP) is 2.13. The lowest BCUT2D eigenvalue weighted by Gasteiger charge is -2.20. The molecule has 1 N–H and O–H groups in total. The second-order valence-electron chi connectivity index (χ2n) is 4.07. The average molecular weight is 236 g/mol. The van der Waals surface area contributed by atoms with Gasteiger partial charge in [-0.15, -0.1) is 0 Å². The maximum Gasteiger partial charge on any atom is 0.118 e. The zero-order chi connectivity index (χ0) is 12.5. The Balaban J connectivity index is 2.43. The number of hydrogen-bond donors (Lipinski definition) is 1. The molecule has 0 aromatic heterocycles. The minimum absolute atomic E-state index is 0.921. The van der Waals surface area contributed by atoms with E-state index in [1.807, 2.05) is 12.1 Å². The third-order valence-electron chi connectivity index (χ3n) is 2.87. The fourth-order valence-corrected chi connectivity index (χ4v) is 1.75. The number of benzene rings is 1. The number of rotatable bonds is 8. The van der Waals surface area contributed by atoms with Crippen molar-refractivity contribution in [3.63, 3.8) is 0 Å². The van der Waals surface area contributed by atoms with Crippen LogP contribution >= 0.6 is 0 Å². The molecule has 0 fully saturated rings. The van der Waals surface area contributed by atoms with Crippen LogP contribution in [0.1, 0.15) is 19.4 Å². The van der Waals surface area contributed by atoms with Crippen molar-refractivity contribution in [2.45, 2.75) is 20.4 Å². The summed E-state index contributed by atoms with van der Waals surface area (Å²) in [7, 11) is 1.70. The van der Waals surface area contributed by atoms with E-state index in [4.69, 9.17) is 4.74 Å². The molecule has 0 aliphatic carbocycles. The summed E-state index contributed by atoms with van der Waals surface area (Å²) in [4.78, 5) is 2.43. The van der Waals surface area contributed by atoms with Crippen LogP contribution in [0, 0.1) is 0 Å². The van der Waals surface area contributed by atoms with Crippen LogP contribution in [0.5, 0.6) is 5.75 Å². The van der Waals surface area contributed by atoms with Crippen LogP contribution in [-0.4, -0.2) is 38.2 Å². The molecule has 96 valence electrons. The Morgan fingerprint density at radius 2 is 1.88 bits per heavy atom. The van der Waals surface area contributed by atoms with E-state index in [0.717, 1.165) is 38.5 Å². The minimum atomic E-state index is 0.921. The summed E-state index contributed by atoms with van der Waals surface area (Å²) >= 11 is 0. The summed E-state index contributed by atoms with van der Waals surface area (Å²) in [6.45, 7) is 9.62. The fourth-order valence-electron chi connectivity index (χ4n) is 1.75. The lowest BCUT2D eigenvalue weighted by Crippen LogP contribution is -2.31. The molecule has 1 aromatic carbocycles. The smallest absolute Gasteiger partial charge is 0.118 e. The van der Waals surface area contributed by atoms with E-state index >= 15 is 0 Å². The number of nitrogens with zero attached hydrogens (tertiary/aromatic N) is 1. The molecule has 0 aliphatic rings. The second-order valence-corrected chi connectivity index (χ2v) is 4.07. The van der Waals surface area contributed by atoms with Crippen LogP contribution in [0.2, 0.25) is 0 Å². The Hall–Kier alpha value is -1.06. The van der Waals surface area contributed by atoms with Gasteiger partial charge in [0, 0.05) is 19.6 Å². The molecule has 0 spiro atoms. The Labute approximate surface area is 105 Å². The maximum absolute atomic E-state index is 5.16. The number of nitrogens with one attached hydrogen (secondary N) is 1. The molecule has 0 aliphatic heterocycles. The van der Waals surface area contributed by atoms with Crippen molar-refractivity contribution in [3.05, 3.63) is 29.8 Å². The van der Waals surface area contributed by atoms with Gasteiger partial charge in [-0.1, -0.05) is 26.0 Å². The highest BCUT2D eigenvalue weighted by Gasteiger charge is 2.03. The maximum atomic E-state index is 5.16. The summed E-state index contributed by atoms with van der Waals surface area (Å²) < 4.78 is 5.16. The third kappa shape index (κ3) is 5.20. The quantitative estimate of drug-likeness (QED) is 0.700. The topological polar surface area (TPSA) is 24.5 Å². The van der Waals surface area contributed by atoms with Crippen molar-refractivity contribution >= 4 is 0 Å². The van der Waals surface area contributed by atoms with Gasteiger partial charge in [0.2, 0.25) is 0 Å². The highest BCUT2D eigenvalue weighted by atomic mass is 16.5. The Kier molecular flexibility index (Phi) is 6.67. The molecule has 0 saturated carbocycles. The first-order valence-electron chi connectivity index (χ1n) is 6.36. The van der Waals surface area contributed by atoms with Crippen LogP contribution in [0.25, 0.3) is 0 Å². The van der Waals surface area contributed by atoms with E-state index in [-0.39, 0.29) is 0 Å². The molecule has 0 radical (unpaired) electrons. The highest BCUT2D eigenvalue weighted by Crippen LogP contribution is 2.12. The molecule has 0 bridgehead atoms. The van der Waals surface area contributed by atoms with Crippen molar-refractivity contribution in [2.75, 3.05) is 33.3 Å². The van der Waals surface area contributed by atoms with Crippen molar-refractivity contribution in [2.24, 2.45) is 0 Å². The Morgan fingerprint density at radius 3 is 2.41 bits per heavy atom. The summed E-state index contributed by atoms with van der Waals surface area (Å²) in [5, 5.41) is 3.36. The molecule has 0 heterocycles. The number of methoxy groups -OCH3 is 1. The average Bonchev–Trinajstić information content (AvgIpc) is 2.38. The standard InChI is InChI=1S/C14H24N2O/c1-4-15-10-11-16(5-2)12-13-6-8-14(17-3)9-7-13/h6-9,15H,4-5,10-12H2,1-3H3. The lowest BCUT2D eigenvalue weighted by molar-refractivity contribution is 0.280. The van der Waals surface area contributed by atoms with E-state index in [9.17, 15) is 0 Å². The van der Waals surface area contributed by atoms with Crippen LogP contribution in [0.15, 0.2) is 24.3 Å². The fraction of sp³-hybridized carbons (Fsp3) is 0.571. The first-order chi connectivity index (χ1) is 8.30. The van der Waals surface area contributed by atoms with Gasteiger partial charge in [-0.25, -0.2) is 0 Å². The van der Waals surface area contributed by atoms with Gasteiger partial charge in [-0.05, 0) is 30.8 Å². The van der Waals surface area contributed by atoms with Gasteiger partial charge in [0.25, 0.3) is 0 Å². The van der Waals surface area contributed by atoms with E-state index in [2.05, 4.69) is 36.2 Å². The molecule has 1 aromatic rings. The van der Waals surface area contributed by atoms with Crippen LogP contribution in [0.3, 0.4) is 0 Å².